The van der Waals surface area contributed by atoms with E-state index in [0.717, 1.165) is 0 Å². The van der Waals surface area contributed by atoms with Crippen LogP contribution in [0, 0.1) is 0 Å². The third-order valence-electron chi connectivity index (χ3n) is 2.63. The molecule has 0 heterocycles. The molecule has 2 rings (SSSR count). The van der Waals surface area contributed by atoms with Crippen LogP contribution in [0.15, 0.2) is 54.6 Å². The average Bonchev–Trinajstić information content (AvgIpc) is 2.43. The van der Waals surface area contributed by atoms with E-state index in [9.17, 15) is 9.90 Å². The smallest absolute Gasteiger partial charge is 0.107 e. The Balaban J connectivity index is 0.000000204. The summed E-state index contributed by atoms with van der Waals surface area (Å²) in [5.41, 5.74) is 5.92. The van der Waals surface area contributed by atoms with Crippen molar-refractivity contribution in [1.82, 2.24) is 0 Å². The Labute approximate surface area is 124 Å². The largest absolute Gasteiger partial charge is 0.550 e. The highest BCUT2D eigenvalue weighted by molar-refractivity contribution is 6.30. The third kappa shape index (κ3) is 6.36. The van der Waals surface area contributed by atoms with Crippen molar-refractivity contribution < 1.29 is 15.6 Å². The Morgan fingerprint density at radius 2 is 1.70 bits per heavy atom. The molecule has 0 unspecified atom stereocenters. The summed E-state index contributed by atoms with van der Waals surface area (Å²) < 4.78 is 0. The van der Waals surface area contributed by atoms with E-state index in [2.05, 4.69) is 24.8 Å². The summed E-state index contributed by atoms with van der Waals surface area (Å²) in [4.78, 5) is 10.1. The quantitative estimate of drug-likeness (QED) is 0.934. The Bertz CT molecular complexity index is 524. The van der Waals surface area contributed by atoms with Crippen molar-refractivity contribution in [3.8, 4) is 0 Å². The van der Waals surface area contributed by atoms with Crippen molar-refractivity contribution in [2.24, 2.45) is 0 Å². The zero-order valence-corrected chi connectivity index (χ0v) is 12.1. The predicted octanol–water partition coefficient (Wildman–Crippen LogP) is 1.62. The summed E-state index contributed by atoms with van der Waals surface area (Å²) in [6.07, 6.45) is -0.0584. The molecule has 20 heavy (non-hydrogen) atoms. The molecule has 0 saturated carbocycles. The molecule has 0 radical (unpaired) electrons. The topological polar surface area (TPSA) is 67.8 Å². The van der Waals surface area contributed by atoms with Crippen LogP contribution in [0.1, 0.15) is 24.1 Å². The molecule has 3 nitrogen and oxygen atoms in total. The maximum Gasteiger partial charge on any atom is 0.107 e. The van der Waals surface area contributed by atoms with Gasteiger partial charge in [0.05, 0.1) is 0 Å². The molecule has 1 atom stereocenters. The van der Waals surface area contributed by atoms with Gasteiger partial charge in [0.2, 0.25) is 0 Å². The Hall–Kier alpha value is -1.84. The highest BCUT2D eigenvalue weighted by Crippen LogP contribution is 2.09. The van der Waals surface area contributed by atoms with Gasteiger partial charge in [0, 0.05) is 23.0 Å². The van der Waals surface area contributed by atoms with Crippen molar-refractivity contribution >= 4 is 17.6 Å². The minimum absolute atomic E-state index is 0.0584. The molecule has 0 aliphatic carbocycles. The number of hydrogen-bond acceptors (Lipinski definition) is 2. The second kappa shape index (κ2) is 8.35. The summed E-state index contributed by atoms with van der Waals surface area (Å²) in [5.74, 6) is -1.08. The third-order valence-corrected chi connectivity index (χ3v) is 2.88. The van der Waals surface area contributed by atoms with Crippen LogP contribution in [0.2, 0.25) is 5.02 Å². The van der Waals surface area contributed by atoms with Crippen molar-refractivity contribution in [2.45, 2.75) is 19.4 Å². The molecular formula is C16H18ClNO2. The first kappa shape index (κ1) is 16.2. The molecule has 0 amide bonds. The van der Waals surface area contributed by atoms with Crippen LogP contribution < -0.4 is 10.8 Å². The number of benzene rings is 2. The first-order valence-electron chi connectivity index (χ1n) is 6.31. The van der Waals surface area contributed by atoms with Gasteiger partial charge in [-0.2, -0.15) is 0 Å². The maximum atomic E-state index is 10.1. The van der Waals surface area contributed by atoms with E-state index in [4.69, 9.17) is 11.6 Å². The van der Waals surface area contributed by atoms with E-state index in [1.807, 2.05) is 18.2 Å². The summed E-state index contributed by atoms with van der Waals surface area (Å²) in [6, 6.07) is 17.3. The number of carbonyl (C=O) groups is 1. The molecule has 0 spiro atoms. The molecule has 0 bridgehead atoms. The van der Waals surface area contributed by atoms with E-state index in [1.165, 1.54) is 5.56 Å². The normalized spacial score (nSPS) is 11.2. The maximum absolute atomic E-state index is 10.1. The van der Waals surface area contributed by atoms with Gasteiger partial charge in [-0.25, -0.2) is 0 Å². The number of halogens is 1. The minimum Gasteiger partial charge on any atom is -0.550 e. The molecule has 0 aromatic heterocycles. The van der Waals surface area contributed by atoms with Crippen molar-refractivity contribution in [3.63, 3.8) is 0 Å². The summed E-state index contributed by atoms with van der Waals surface area (Å²) in [6.45, 7) is 2.09. The van der Waals surface area contributed by atoms with Gasteiger partial charge < -0.3 is 15.6 Å². The van der Waals surface area contributed by atoms with Crippen molar-refractivity contribution in [3.05, 3.63) is 70.7 Å². The van der Waals surface area contributed by atoms with Crippen LogP contribution in [0.5, 0.6) is 0 Å². The lowest BCUT2D eigenvalue weighted by Gasteiger charge is -2.00. The van der Waals surface area contributed by atoms with Gasteiger partial charge in [0.15, 0.2) is 0 Å². The van der Waals surface area contributed by atoms with E-state index < -0.39 is 5.97 Å². The molecule has 0 aliphatic rings. The molecule has 2 aromatic carbocycles. The number of carbonyl (C=O) groups excluding carboxylic acids is 1. The lowest BCUT2D eigenvalue weighted by Crippen LogP contribution is -2.51. The molecule has 3 N–H and O–H groups in total. The predicted molar refractivity (Wildman–Crippen MR) is 77.9 cm³/mol. The zero-order valence-electron chi connectivity index (χ0n) is 11.4. The Morgan fingerprint density at radius 3 is 2.10 bits per heavy atom. The zero-order chi connectivity index (χ0) is 15.0. The minimum atomic E-state index is -1.08. The van der Waals surface area contributed by atoms with Gasteiger partial charge in [-0.1, -0.05) is 54.1 Å². The summed E-state index contributed by atoms with van der Waals surface area (Å²) in [5, 5.41) is 10.7. The van der Waals surface area contributed by atoms with E-state index in [0.29, 0.717) is 16.6 Å². The highest BCUT2D eigenvalue weighted by atomic mass is 35.5. The monoisotopic (exact) mass is 291 g/mol. The molecular weight excluding hydrogens is 274 g/mol. The van der Waals surface area contributed by atoms with Gasteiger partial charge in [-0.3, -0.25) is 0 Å². The fourth-order valence-electron chi connectivity index (χ4n) is 1.55. The van der Waals surface area contributed by atoms with Crippen LogP contribution in [0.4, 0.5) is 0 Å². The number of hydrogen-bond donors (Lipinski definition) is 1. The van der Waals surface area contributed by atoms with Gasteiger partial charge in [0.25, 0.3) is 0 Å². The lowest BCUT2D eigenvalue weighted by atomic mass is 10.1. The number of rotatable bonds is 3. The van der Waals surface area contributed by atoms with Gasteiger partial charge in [-0.15, -0.1) is 0 Å². The number of quaternary nitrogens is 1. The van der Waals surface area contributed by atoms with Crippen molar-refractivity contribution in [1.29, 1.82) is 0 Å². The van der Waals surface area contributed by atoms with Crippen LogP contribution in [0.25, 0.3) is 0 Å². The van der Waals surface area contributed by atoms with E-state index >= 15 is 0 Å². The molecule has 0 saturated heterocycles. The average molecular weight is 292 g/mol. The van der Waals surface area contributed by atoms with Crippen molar-refractivity contribution in [2.75, 3.05) is 0 Å². The second-order valence-electron chi connectivity index (χ2n) is 4.49. The number of aliphatic carboxylic acids is 1. The first-order chi connectivity index (χ1) is 9.49. The van der Waals surface area contributed by atoms with E-state index in [-0.39, 0.29) is 6.42 Å². The second-order valence-corrected chi connectivity index (χ2v) is 4.92. The fraction of sp³-hybridized carbons (Fsp3) is 0.188. The molecule has 0 fully saturated rings. The van der Waals surface area contributed by atoms with Crippen LogP contribution in [-0.4, -0.2) is 5.97 Å². The summed E-state index contributed by atoms with van der Waals surface area (Å²) in [7, 11) is 0. The van der Waals surface area contributed by atoms with Crippen LogP contribution >= 0.6 is 11.6 Å². The summed E-state index contributed by atoms with van der Waals surface area (Å²) >= 11 is 5.59. The molecule has 4 heteroatoms. The van der Waals surface area contributed by atoms with Gasteiger partial charge in [0.1, 0.15) is 6.04 Å². The van der Waals surface area contributed by atoms with E-state index in [1.54, 1.807) is 24.3 Å². The Kier molecular flexibility index (Phi) is 6.77. The van der Waals surface area contributed by atoms with Crippen LogP contribution in [0.3, 0.4) is 0 Å². The lowest BCUT2D eigenvalue weighted by molar-refractivity contribution is -0.420. The number of carboxylic acid groups (broad SMARTS) is 1. The van der Waals surface area contributed by atoms with Gasteiger partial charge >= 0.3 is 0 Å². The van der Waals surface area contributed by atoms with Crippen LogP contribution in [-0.2, 0) is 11.2 Å². The molecule has 0 aliphatic heterocycles. The fourth-order valence-corrected chi connectivity index (χ4v) is 1.68. The SMILES string of the molecule is C[C@@H]([NH3+])c1ccccc1.O=C([O-])Cc1ccc(Cl)cc1. The highest BCUT2D eigenvalue weighted by Gasteiger charge is 1.97. The first-order valence-corrected chi connectivity index (χ1v) is 6.69. The van der Waals surface area contributed by atoms with Gasteiger partial charge in [-0.05, 0) is 24.6 Å². The molecule has 2 aromatic rings. The molecule has 106 valence electrons. The standard InChI is InChI=1S/C8H7ClO2.C8H11N/c9-7-3-1-6(2-4-7)5-8(10)11;1-7(9)8-5-3-2-4-6-8/h1-4H,5H2,(H,10,11);2-7H,9H2,1H3/t;7-/m.1/s1. The Morgan fingerprint density at radius 1 is 1.15 bits per heavy atom. The number of carboxylic acids is 1.